The SMILES string of the molecule is CCOC(=O)C(F)[C@H](N)c1ccc2c(c1)c1ccccc1n2CC.Cl. The number of ether oxygens (including phenoxy) is 1. The fraction of sp³-hybridized carbons (Fsp3) is 0.316. The summed E-state index contributed by atoms with van der Waals surface area (Å²) in [7, 11) is 0. The van der Waals surface area contributed by atoms with Gasteiger partial charge < -0.3 is 15.0 Å². The fourth-order valence-corrected chi connectivity index (χ4v) is 3.16. The zero-order chi connectivity index (χ0) is 17.3. The van der Waals surface area contributed by atoms with Crippen molar-refractivity contribution in [2.45, 2.75) is 32.6 Å². The van der Waals surface area contributed by atoms with Gasteiger partial charge in [0, 0.05) is 28.4 Å². The molecule has 0 spiro atoms. The second-order valence-corrected chi connectivity index (χ2v) is 5.72. The van der Waals surface area contributed by atoms with E-state index in [0.717, 1.165) is 28.4 Å². The average Bonchev–Trinajstić information content (AvgIpc) is 2.93. The van der Waals surface area contributed by atoms with Crippen LogP contribution in [-0.2, 0) is 16.1 Å². The lowest BCUT2D eigenvalue weighted by Crippen LogP contribution is -2.31. The molecule has 0 aliphatic rings. The van der Waals surface area contributed by atoms with Gasteiger partial charge in [0.15, 0.2) is 0 Å². The minimum Gasteiger partial charge on any atom is -0.464 e. The number of aromatic nitrogens is 1. The number of para-hydroxylation sites is 1. The van der Waals surface area contributed by atoms with Crippen molar-refractivity contribution >= 4 is 40.2 Å². The summed E-state index contributed by atoms with van der Waals surface area (Å²) in [6.45, 7) is 4.70. The summed E-state index contributed by atoms with van der Waals surface area (Å²) in [5.74, 6) is -0.916. The molecule has 0 radical (unpaired) electrons. The van der Waals surface area contributed by atoms with Gasteiger partial charge in [-0.15, -0.1) is 12.4 Å². The van der Waals surface area contributed by atoms with Crippen LogP contribution in [0.5, 0.6) is 0 Å². The van der Waals surface area contributed by atoms with Gasteiger partial charge in [-0.05, 0) is 37.6 Å². The number of alkyl halides is 1. The number of fused-ring (bicyclic) bond motifs is 3. The van der Waals surface area contributed by atoms with Gasteiger partial charge in [-0.1, -0.05) is 24.3 Å². The first kappa shape index (κ1) is 19.2. The molecule has 2 N–H and O–H groups in total. The first-order valence-corrected chi connectivity index (χ1v) is 8.15. The van der Waals surface area contributed by atoms with Crippen molar-refractivity contribution in [1.29, 1.82) is 0 Å². The minimum atomic E-state index is -1.87. The van der Waals surface area contributed by atoms with Crippen molar-refractivity contribution in [3.8, 4) is 0 Å². The molecule has 134 valence electrons. The van der Waals surface area contributed by atoms with Crippen LogP contribution in [-0.4, -0.2) is 23.3 Å². The van der Waals surface area contributed by atoms with Gasteiger partial charge in [0.05, 0.1) is 12.6 Å². The maximum atomic E-state index is 14.2. The molecule has 0 aliphatic heterocycles. The number of hydrogen-bond donors (Lipinski definition) is 1. The number of rotatable bonds is 5. The first-order chi connectivity index (χ1) is 11.6. The van der Waals surface area contributed by atoms with Crippen LogP contribution in [0.4, 0.5) is 4.39 Å². The number of aryl methyl sites for hydroxylation is 1. The first-order valence-electron chi connectivity index (χ1n) is 8.15. The lowest BCUT2D eigenvalue weighted by atomic mass is 10.0. The van der Waals surface area contributed by atoms with Crippen LogP contribution < -0.4 is 5.73 Å². The van der Waals surface area contributed by atoms with Gasteiger partial charge in [0.25, 0.3) is 0 Å². The third-order valence-electron chi connectivity index (χ3n) is 4.32. The van der Waals surface area contributed by atoms with E-state index in [1.165, 1.54) is 0 Å². The summed E-state index contributed by atoms with van der Waals surface area (Å²) in [5.41, 5.74) is 8.74. The third kappa shape index (κ3) is 3.34. The van der Waals surface area contributed by atoms with Crippen molar-refractivity contribution < 1.29 is 13.9 Å². The van der Waals surface area contributed by atoms with Gasteiger partial charge in [-0.3, -0.25) is 0 Å². The smallest absolute Gasteiger partial charge is 0.342 e. The highest BCUT2D eigenvalue weighted by molar-refractivity contribution is 6.08. The highest BCUT2D eigenvalue weighted by Gasteiger charge is 2.28. The van der Waals surface area contributed by atoms with Crippen LogP contribution in [0.2, 0.25) is 0 Å². The lowest BCUT2D eigenvalue weighted by molar-refractivity contribution is -0.149. The van der Waals surface area contributed by atoms with Crippen LogP contribution in [0.15, 0.2) is 42.5 Å². The second kappa shape index (κ2) is 7.85. The van der Waals surface area contributed by atoms with Crippen molar-refractivity contribution in [2.24, 2.45) is 5.73 Å². The van der Waals surface area contributed by atoms with E-state index in [-0.39, 0.29) is 19.0 Å². The molecule has 0 aliphatic carbocycles. The topological polar surface area (TPSA) is 57.2 Å². The summed E-state index contributed by atoms with van der Waals surface area (Å²) in [4.78, 5) is 11.6. The van der Waals surface area contributed by atoms with Crippen LogP contribution in [0, 0.1) is 0 Å². The maximum Gasteiger partial charge on any atom is 0.342 e. The molecular formula is C19H22ClFN2O2. The highest BCUT2D eigenvalue weighted by atomic mass is 35.5. The predicted molar refractivity (Wildman–Crippen MR) is 101 cm³/mol. The Labute approximate surface area is 152 Å². The third-order valence-corrected chi connectivity index (χ3v) is 4.32. The predicted octanol–water partition coefficient (Wildman–Crippen LogP) is 4.14. The van der Waals surface area contributed by atoms with Gasteiger partial charge in [-0.2, -0.15) is 0 Å². The molecule has 2 atom stereocenters. The molecule has 0 saturated carbocycles. The van der Waals surface area contributed by atoms with Crippen LogP contribution in [0.25, 0.3) is 21.8 Å². The molecule has 25 heavy (non-hydrogen) atoms. The zero-order valence-corrected chi connectivity index (χ0v) is 15.1. The van der Waals surface area contributed by atoms with E-state index >= 15 is 0 Å². The molecule has 1 unspecified atom stereocenters. The molecule has 3 aromatic rings. The molecule has 0 saturated heterocycles. The number of halogens is 2. The highest BCUT2D eigenvalue weighted by Crippen LogP contribution is 2.31. The second-order valence-electron chi connectivity index (χ2n) is 5.72. The molecule has 2 aromatic carbocycles. The number of nitrogens with zero attached hydrogens (tertiary/aromatic N) is 1. The van der Waals surface area contributed by atoms with Gasteiger partial charge >= 0.3 is 5.97 Å². The average molecular weight is 365 g/mol. The van der Waals surface area contributed by atoms with E-state index in [1.54, 1.807) is 13.0 Å². The Morgan fingerprint density at radius 1 is 1.16 bits per heavy atom. The number of hydrogen-bond acceptors (Lipinski definition) is 3. The largest absolute Gasteiger partial charge is 0.464 e. The van der Waals surface area contributed by atoms with Crippen molar-refractivity contribution in [2.75, 3.05) is 6.61 Å². The van der Waals surface area contributed by atoms with Crippen molar-refractivity contribution in [1.82, 2.24) is 4.57 Å². The summed E-state index contributed by atoms with van der Waals surface area (Å²) in [6.07, 6.45) is -1.87. The standard InChI is InChI=1S/C19H21FN2O2.ClH/c1-3-22-15-8-6-5-7-13(15)14-11-12(9-10-16(14)22)18(21)17(20)19(23)24-4-2;/h5-11,17-18H,3-4,21H2,1-2H3;1H/t17?,18-;/m1./s1. The van der Waals surface area contributed by atoms with Crippen molar-refractivity contribution in [3.05, 3.63) is 48.0 Å². The van der Waals surface area contributed by atoms with E-state index in [2.05, 4.69) is 17.6 Å². The van der Waals surface area contributed by atoms with E-state index in [4.69, 9.17) is 10.5 Å². The number of benzene rings is 2. The lowest BCUT2D eigenvalue weighted by Gasteiger charge is -2.16. The number of nitrogens with two attached hydrogens (primary N) is 1. The summed E-state index contributed by atoms with van der Waals surface area (Å²) in [6, 6.07) is 12.6. The molecule has 0 amide bonds. The Morgan fingerprint density at radius 2 is 1.84 bits per heavy atom. The van der Waals surface area contributed by atoms with Gasteiger partial charge in [0.2, 0.25) is 6.17 Å². The zero-order valence-electron chi connectivity index (χ0n) is 14.2. The Hall–Kier alpha value is -2.11. The number of esters is 1. The Bertz CT molecular complexity index is 894. The molecule has 1 heterocycles. The Balaban J connectivity index is 0.00000225. The van der Waals surface area contributed by atoms with Crippen LogP contribution in [0.1, 0.15) is 25.5 Å². The quantitative estimate of drug-likeness (QED) is 0.692. The van der Waals surface area contributed by atoms with Crippen LogP contribution in [0.3, 0.4) is 0 Å². The summed E-state index contributed by atoms with van der Waals surface area (Å²) in [5, 5.41) is 2.10. The monoisotopic (exact) mass is 364 g/mol. The molecule has 0 fully saturated rings. The van der Waals surface area contributed by atoms with Gasteiger partial charge in [0.1, 0.15) is 0 Å². The maximum absolute atomic E-state index is 14.2. The van der Waals surface area contributed by atoms with Crippen molar-refractivity contribution in [3.63, 3.8) is 0 Å². The fourth-order valence-electron chi connectivity index (χ4n) is 3.16. The van der Waals surface area contributed by atoms with E-state index in [1.807, 2.05) is 30.3 Å². The number of carbonyl (C=O) groups excluding carboxylic acids is 1. The normalized spacial score (nSPS) is 13.4. The molecule has 0 bridgehead atoms. The molecule has 3 rings (SSSR count). The molecule has 4 nitrogen and oxygen atoms in total. The van der Waals surface area contributed by atoms with Gasteiger partial charge in [-0.25, -0.2) is 9.18 Å². The van der Waals surface area contributed by atoms with E-state index < -0.39 is 18.2 Å². The summed E-state index contributed by atoms with van der Waals surface area (Å²) >= 11 is 0. The minimum absolute atomic E-state index is 0. The van der Waals surface area contributed by atoms with E-state index in [9.17, 15) is 9.18 Å². The van der Waals surface area contributed by atoms with E-state index in [0.29, 0.717) is 5.56 Å². The molecular weight excluding hydrogens is 343 g/mol. The molecule has 1 aromatic heterocycles. The van der Waals surface area contributed by atoms with Crippen LogP contribution >= 0.6 is 12.4 Å². The Kier molecular flexibility index (Phi) is 6.03. The summed E-state index contributed by atoms with van der Waals surface area (Å²) < 4.78 is 21.2. The number of carbonyl (C=O) groups is 1. The Morgan fingerprint density at radius 3 is 2.52 bits per heavy atom. The molecule has 6 heteroatoms.